The van der Waals surface area contributed by atoms with Crippen molar-refractivity contribution in [1.82, 2.24) is 0 Å². The Morgan fingerprint density at radius 3 is 2.93 bits per heavy atom. The smallest absolute Gasteiger partial charge is 0.381 e. The number of esters is 1. The first kappa shape index (κ1) is 10.8. The Labute approximate surface area is 80.5 Å². The van der Waals surface area contributed by atoms with Crippen LogP contribution in [0.25, 0.3) is 0 Å². The molecule has 0 bridgehead atoms. The van der Waals surface area contributed by atoms with Gasteiger partial charge in [-0.15, -0.1) is 0 Å². The summed E-state index contributed by atoms with van der Waals surface area (Å²) in [5.41, 5.74) is -0.231. The SMILES string of the molecule is CCOC(=O)C(F)(F)C1=CC=NCC1. The van der Waals surface area contributed by atoms with Gasteiger partial charge in [-0.3, -0.25) is 4.99 Å². The van der Waals surface area contributed by atoms with E-state index in [0.29, 0.717) is 6.54 Å². The van der Waals surface area contributed by atoms with Crippen molar-refractivity contribution in [1.29, 1.82) is 0 Å². The van der Waals surface area contributed by atoms with Crippen molar-refractivity contribution in [3.63, 3.8) is 0 Å². The molecule has 5 heteroatoms. The van der Waals surface area contributed by atoms with Crippen LogP contribution in [0.5, 0.6) is 0 Å². The van der Waals surface area contributed by atoms with E-state index in [-0.39, 0.29) is 18.6 Å². The molecule has 0 saturated carbocycles. The molecule has 1 rings (SSSR count). The van der Waals surface area contributed by atoms with Gasteiger partial charge in [0, 0.05) is 18.3 Å². The largest absolute Gasteiger partial charge is 0.461 e. The van der Waals surface area contributed by atoms with E-state index in [1.165, 1.54) is 19.2 Å². The van der Waals surface area contributed by atoms with Gasteiger partial charge in [0.1, 0.15) is 0 Å². The van der Waals surface area contributed by atoms with Crippen LogP contribution in [-0.2, 0) is 9.53 Å². The van der Waals surface area contributed by atoms with Gasteiger partial charge in [-0.25, -0.2) is 4.79 Å². The summed E-state index contributed by atoms with van der Waals surface area (Å²) in [4.78, 5) is 14.7. The lowest BCUT2D eigenvalue weighted by molar-refractivity contribution is -0.166. The average Bonchev–Trinajstić information content (AvgIpc) is 2.19. The molecule has 0 amide bonds. The molecule has 14 heavy (non-hydrogen) atoms. The molecule has 0 radical (unpaired) electrons. The molecule has 1 aliphatic heterocycles. The van der Waals surface area contributed by atoms with Crippen LogP contribution < -0.4 is 0 Å². The predicted octanol–water partition coefficient (Wildman–Crippen LogP) is 1.59. The number of dihydropyridines is 1. The van der Waals surface area contributed by atoms with Crippen molar-refractivity contribution in [3.05, 3.63) is 11.6 Å². The van der Waals surface area contributed by atoms with Gasteiger partial charge >= 0.3 is 11.9 Å². The van der Waals surface area contributed by atoms with Gasteiger partial charge in [0.2, 0.25) is 0 Å². The summed E-state index contributed by atoms with van der Waals surface area (Å²) in [7, 11) is 0. The predicted molar refractivity (Wildman–Crippen MR) is 47.6 cm³/mol. The molecule has 0 aromatic heterocycles. The molecule has 0 fully saturated rings. The zero-order chi connectivity index (χ0) is 10.6. The van der Waals surface area contributed by atoms with Crippen molar-refractivity contribution in [2.24, 2.45) is 4.99 Å². The number of carbonyl (C=O) groups is 1. The number of rotatable bonds is 3. The number of carbonyl (C=O) groups excluding carboxylic acids is 1. The van der Waals surface area contributed by atoms with Gasteiger partial charge < -0.3 is 4.74 Å². The van der Waals surface area contributed by atoms with E-state index in [1.54, 1.807) is 0 Å². The molecule has 0 unspecified atom stereocenters. The fourth-order valence-electron chi connectivity index (χ4n) is 1.10. The number of halogens is 2. The third-order valence-corrected chi connectivity index (χ3v) is 1.83. The molecule has 0 N–H and O–H groups in total. The van der Waals surface area contributed by atoms with Crippen LogP contribution in [0, 0.1) is 0 Å². The lowest BCUT2D eigenvalue weighted by atomic mass is 10.0. The van der Waals surface area contributed by atoms with Gasteiger partial charge in [-0.2, -0.15) is 8.78 Å². The highest BCUT2D eigenvalue weighted by Crippen LogP contribution is 2.29. The highest BCUT2D eigenvalue weighted by Gasteiger charge is 2.44. The minimum absolute atomic E-state index is 0.0458. The van der Waals surface area contributed by atoms with Crippen LogP contribution >= 0.6 is 0 Å². The maximum atomic E-state index is 13.3. The van der Waals surface area contributed by atoms with Gasteiger partial charge in [-0.05, 0) is 19.4 Å². The highest BCUT2D eigenvalue weighted by atomic mass is 19.3. The summed E-state index contributed by atoms with van der Waals surface area (Å²) in [6, 6.07) is 0. The number of hydrogen-bond acceptors (Lipinski definition) is 3. The molecule has 0 saturated heterocycles. The molecule has 0 aromatic rings. The molecule has 0 aliphatic carbocycles. The van der Waals surface area contributed by atoms with E-state index in [1.807, 2.05) is 0 Å². The summed E-state index contributed by atoms with van der Waals surface area (Å²) >= 11 is 0. The van der Waals surface area contributed by atoms with Crippen molar-refractivity contribution in [2.75, 3.05) is 13.2 Å². The Morgan fingerprint density at radius 2 is 2.43 bits per heavy atom. The van der Waals surface area contributed by atoms with Crippen molar-refractivity contribution >= 4 is 12.2 Å². The van der Waals surface area contributed by atoms with E-state index < -0.39 is 11.9 Å². The van der Waals surface area contributed by atoms with Crippen molar-refractivity contribution in [2.45, 2.75) is 19.3 Å². The monoisotopic (exact) mass is 203 g/mol. The Kier molecular flexibility index (Phi) is 3.33. The maximum Gasteiger partial charge on any atom is 0.381 e. The lowest BCUT2D eigenvalue weighted by Gasteiger charge is -2.18. The second-order valence-corrected chi connectivity index (χ2v) is 2.79. The molecule has 0 atom stereocenters. The summed E-state index contributed by atoms with van der Waals surface area (Å²) in [6.45, 7) is 1.74. The number of hydrogen-bond donors (Lipinski definition) is 0. The van der Waals surface area contributed by atoms with Crippen LogP contribution in [0.2, 0.25) is 0 Å². The molecular weight excluding hydrogens is 192 g/mol. The second kappa shape index (κ2) is 4.30. The molecule has 1 heterocycles. The fourth-order valence-corrected chi connectivity index (χ4v) is 1.10. The molecule has 0 spiro atoms. The topological polar surface area (TPSA) is 38.7 Å². The highest BCUT2D eigenvalue weighted by molar-refractivity contribution is 5.84. The molecule has 1 aliphatic rings. The fraction of sp³-hybridized carbons (Fsp3) is 0.556. The molecule has 3 nitrogen and oxygen atoms in total. The quantitative estimate of drug-likeness (QED) is 0.653. The normalized spacial score (nSPS) is 16.4. The third kappa shape index (κ3) is 2.16. The number of ether oxygens (including phenoxy) is 1. The van der Waals surface area contributed by atoms with Gasteiger partial charge in [-0.1, -0.05) is 0 Å². The van der Waals surface area contributed by atoms with Crippen molar-refractivity contribution in [3.8, 4) is 0 Å². The zero-order valence-corrected chi connectivity index (χ0v) is 7.80. The summed E-state index contributed by atoms with van der Waals surface area (Å²) in [5.74, 6) is -5.00. The molecular formula is C9H11F2NO2. The zero-order valence-electron chi connectivity index (χ0n) is 7.80. The molecule has 78 valence electrons. The van der Waals surface area contributed by atoms with Crippen LogP contribution in [-0.4, -0.2) is 31.3 Å². The van der Waals surface area contributed by atoms with E-state index in [4.69, 9.17) is 0 Å². The lowest BCUT2D eigenvalue weighted by Crippen LogP contribution is -2.34. The Bertz CT molecular complexity index is 285. The summed E-state index contributed by atoms with van der Waals surface area (Å²) in [6.07, 6.45) is 2.55. The van der Waals surface area contributed by atoms with Gasteiger partial charge in [0.15, 0.2) is 0 Å². The Balaban J connectivity index is 2.77. The van der Waals surface area contributed by atoms with Crippen LogP contribution in [0.4, 0.5) is 8.78 Å². The maximum absolute atomic E-state index is 13.3. The first-order chi connectivity index (χ1) is 6.59. The minimum Gasteiger partial charge on any atom is -0.461 e. The third-order valence-electron chi connectivity index (χ3n) is 1.83. The van der Waals surface area contributed by atoms with Crippen LogP contribution in [0.3, 0.4) is 0 Å². The number of nitrogens with zero attached hydrogens (tertiary/aromatic N) is 1. The second-order valence-electron chi connectivity index (χ2n) is 2.79. The number of alkyl halides is 2. The number of aliphatic imine (C=N–C) groups is 1. The molecule has 0 aromatic carbocycles. The summed E-state index contributed by atoms with van der Waals surface area (Å²) < 4.78 is 30.9. The Hall–Kier alpha value is -1.26. The first-order valence-corrected chi connectivity index (χ1v) is 4.33. The summed E-state index contributed by atoms with van der Waals surface area (Å²) in [5, 5.41) is 0. The Morgan fingerprint density at radius 1 is 1.71 bits per heavy atom. The van der Waals surface area contributed by atoms with E-state index in [0.717, 1.165) is 0 Å². The van der Waals surface area contributed by atoms with Gasteiger partial charge in [0.25, 0.3) is 0 Å². The standard InChI is InChI=1S/C9H11F2NO2/c1-2-14-8(13)9(10,11)7-3-5-12-6-4-7/h3,5H,2,4,6H2,1H3. The average molecular weight is 203 g/mol. The first-order valence-electron chi connectivity index (χ1n) is 4.33. The van der Waals surface area contributed by atoms with Gasteiger partial charge in [0.05, 0.1) is 6.61 Å². The van der Waals surface area contributed by atoms with E-state index in [9.17, 15) is 13.6 Å². The minimum atomic E-state index is -3.51. The van der Waals surface area contributed by atoms with Crippen molar-refractivity contribution < 1.29 is 18.3 Å². The van der Waals surface area contributed by atoms with E-state index in [2.05, 4.69) is 9.73 Å². The van der Waals surface area contributed by atoms with Crippen LogP contribution in [0.15, 0.2) is 16.6 Å². The number of allylic oxidation sites excluding steroid dienone is 1. The van der Waals surface area contributed by atoms with E-state index >= 15 is 0 Å². The van der Waals surface area contributed by atoms with Crippen LogP contribution in [0.1, 0.15) is 13.3 Å².